The number of fused-ring (bicyclic) bond motifs is 3. The second-order valence-electron chi connectivity index (χ2n) is 17.9. The van der Waals surface area contributed by atoms with E-state index >= 15 is 0 Å². The molecule has 0 fully saturated rings. The Morgan fingerprint density at radius 3 is 1.89 bits per heavy atom. The molecule has 0 aliphatic rings. The van der Waals surface area contributed by atoms with Crippen molar-refractivity contribution >= 4 is 35.2 Å². The largest absolute Gasteiger partial charge is 0.501 e. The number of hydrogen-bond donors (Lipinski definition) is 0. The van der Waals surface area contributed by atoms with Crippen LogP contribution in [-0.2, 0) is 25.5 Å². The molecule has 1 radical (unpaired) electrons. The molecule has 62 heavy (non-hydrogen) atoms. The van der Waals surface area contributed by atoms with Gasteiger partial charge in [-0.15, -0.1) is 53.6 Å². The summed E-state index contributed by atoms with van der Waals surface area (Å²) >= 11 is 0. The molecule has 0 saturated heterocycles. The summed E-state index contributed by atoms with van der Waals surface area (Å²) in [6, 6.07) is 54.9. The van der Waals surface area contributed by atoms with Crippen molar-refractivity contribution in [2.45, 2.75) is 72.4 Å². The number of benzene rings is 6. The van der Waals surface area contributed by atoms with Crippen LogP contribution in [0.3, 0.4) is 0 Å². The summed E-state index contributed by atoms with van der Waals surface area (Å²) in [4.78, 5) is 9.43. The summed E-state index contributed by atoms with van der Waals surface area (Å²) in [5.74, 6) is -0.626. The maximum absolute atomic E-state index is 8.55. The summed E-state index contributed by atoms with van der Waals surface area (Å²) in [7, 11) is -1.54. The van der Waals surface area contributed by atoms with Crippen LogP contribution in [0.25, 0.3) is 77.8 Å². The fourth-order valence-electron chi connectivity index (χ4n) is 7.81. The summed E-state index contributed by atoms with van der Waals surface area (Å²) in [5, 5.41) is 3.20. The third-order valence-electron chi connectivity index (χ3n) is 11.2. The number of rotatable bonds is 7. The van der Waals surface area contributed by atoms with Crippen LogP contribution in [0, 0.1) is 19.0 Å². The molecule has 0 spiro atoms. The van der Waals surface area contributed by atoms with Crippen LogP contribution in [0.1, 0.15) is 62.7 Å². The first-order chi connectivity index (χ1) is 30.8. The molecule has 9 rings (SSSR count). The molecule has 3 aromatic heterocycles. The average molecular weight is 1010 g/mol. The summed E-state index contributed by atoms with van der Waals surface area (Å²) in [6.45, 7) is 15.1. The Bertz CT molecular complexity index is 3110. The zero-order valence-corrected chi connectivity index (χ0v) is 40.0. The van der Waals surface area contributed by atoms with Gasteiger partial charge in [-0.1, -0.05) is 174 Å². The molecule has 0 aliphatic heterocycles. The molecule has 3 nitrogen and oxygen atoms in total. The van der Waals surface area contributed by atoms with Crippen LogP contribution in [-0.4, -0.2) is 18.0 Å². The number of furan rings is 1. The third kappa shape index (κ3) is 9.37. The number of aromatic nitrogens is 2. The van der Waals surface area contributed by atoms with Crippen LogP contribution in [0.4, 0.5) is 0 Å². The molecule has 0 unspecified atom stereocenters. The van der Waals surface area contributed by atoms with Crippen molar-refractivity contribution in [1.29, 1.82) is 0 Å². The minimum absolute atomic E-state index is 0. The van der Waals surface area contributed by atoms with Gasteiger partial charge in [0.05, 0.1) is 13.7 Å². The van der Waals surface area contributed by atoms with Gasteiger partial charge in [-0.3, -0.25) is 0 Å². The number of hydrogen-bond acceptors (Lipinski definition) is 3. The zero-order chi connectivity index (χ0) is 46.3. The maximum atomic E-state index is 8.55. The number of aryl methyl sites for hydroxylation is 1. The molecule has 0 N–H and O–H groups in total. The minimum Gasteiger partial charge on any atom is -0.501 e. The van der Waals surface area contributed by atoms with Gasteiger partial charge in [0.2, 0.25) is 0 Å². The Hall–Kier alpha value is -5.71. The van der Waals surface area contributed by atoms with Gasteiger partial charge in [-0.05, 0) is 80.2 Å². The molecule has 3 heterocycles. The van der Waals surface area contributed by atoms with E-state index in [2.05, 4.69) is 113 Å². The molecule has 0 aliphatic carbocycles. The first kappa shape index (κ1) is 39.2. The van der Waals surface area contributed by atoms with Crippen molar-refractivity contribution in [3.8, 4) is 55.9 Å². The number of pyridine rings is 2. The molecule has 5 heteroatoms. The van der Waals surface area contributed by atoms with Gasteiger partial charge in [-0.2, -0.15) is 0 Å². The molecule has 0 saturated carbocycles. The van der Waals surface area contributed by atoms with Crippen LogP contribution in [0.2, 0.25) is 19.6 Å². The Morgan fingerprint density at radius 2 is 1.31 bits per heavy atom. The van der Waals surface area contributed by atoms with Crippen molar-refractivity contribution in [2.24, 2.45) is 0 Å². The third-order valence-corrected chi connectivity index (χ3v) is 13.2. The van der Waals surface area contributed by atoms with E-state index in [1.54, 1.807) is 12.3 Å². The van der Waals surface area contributed by atoms with E-state index in [0.29, 0.717) is 22.4 Å². The van der Waals surface area contributed by atoms with Gasteiger partial charge in [0, 0.05) is 48.9 Å². The maximum Gasteiger partial charge on any atom is 0.122 e. The van der Waals surface area contributed by atoms with Gasteiger partial charge in [0.15, 0.2) is 0 Å². The molecule has 0 atom stereocenters. The van der Waals surface area contributed by atoms with Crippen LogP contribution in [0.5, 0.6) is 0 Å². The van der Waals surface area contributed by atoms with Crippen molar-refractivity contribution < 1.29 is 30.0 Å². The molecule has 0 bridgehead atoms. The van der Waals surface area contributed by atoms with Gasteiger partial charge in [0.25, 0.3) is 0 Å². The van der Waals surface area contributed by atoms with Crippen molar-refractivity contribution in [3.63, 3.8) is 0 Å². The smallest absolute Gasteiger partial charge is 0.122 e. The van der Waals surface area contributed by atoms with Crippen molar-refractivity contribution in [2.75, 3.05) is 0 Å². The Labute approximate surface area is 388 Å². The molecule has 0 amide bonds. The molecular formula is C57H54IrN2OSi-2. The number of nitrogens with zero attached hydrogens (tertiary/aromatic N) is 2. The van der Waals surface area contributed by atoms with E-state index in [1.165, 1.54) is 10.8 Å². The summed E-state index contributed by atoms with van der Waals surface area (Å²) in [5.41, 5.74) is 12.8. The monoisotopic (exact) mass is 1010 g/mol. The molecule has 6 aromatic carbocycles. The predicted octanol–water partition coefficient (Wildman–Crippen LogP) is 15.3. The first-order valence-corrected chi connectivity index (χ1v) is 24.4. The minimum atomic E-state index is -2.32. The van der Waals surface area contributed by atoms with Crippen molar-refractivity contribution in [1.82, 2.24) is 9.97 Å². The van der Waals surface area contributed by atoms with E-state index in [4.69, 9.17) is 19.9 Å². The van der Waals surface area contributed by atoms with Gasteiger partial charge in [0.1, 0.15) is 5.58 Å². The quantitative estimate of drug-likeness (QED) is 0.118. The predicted molar refractivity (Wildman–Crippen MR) is 261 cm³/mol. The SMILES string of the molecule is [2H]C(C)(C)c1cc(-c2[c-]cc(C(C)(C)C)cc2)ncc1[Si](C)(C)C.[2H]C([2H])([2H])c1cc(-c2[c-]ccc3c2oc2cc(-c4ccccc4)cc(-c4ccccc4)c23)ncc1-c1ccccc1.[Ir]. The fourth-order valence-corrected chi connectivity index (χ4v) is 9.39. The zero-order valence-electron chi connectivity index (χ0n) is 40.6. The molecular weight excluding hydrogens is 949 g/mol. The van der Waals surface area contributed by atoms with E-state index in [9.17, 15) is 0 Å². The Morgan fingerprint density at radius 1 is 0.677 bits per heavy atom. The van der Waals surface area contributed by atoms with Crippen molar-refractivity contribution in [3.05, 3.63) is 187 Å². The fraction of sp³-hybridized carbons (Fsp3) is 0.193. The van der Waals surface area contributed by atoms with E-state index in [-0.39, 0.29) is 31.1 Å². The normalized spacial score (nSPS) is 13.0. The van der Waals surface area contributed by atoms with Gasteiger partial charge in [-0.25, -0.2) is 0 Å². The second kappa shape index (κ2) is 18.3. The topological polar surface area (TPSA) is 38.9 Å². The van der Waals surface area contributed by atoms with E-state index in [0.717, 1.165) is 61.0 Å². The summed E-state index contributed by atoms with van der Waals surface area (Å²) in [6.07, 6.45) is 3.64. The second-order valence-corrected chi connectivity index (χ2v) is 23.0. The van der Waals surface area contributed by atoms with E-state index < -0.39 is 20.8 Å². The molecule has 9 aromatic rings. The van der Waals surface area contributed by atoms with Gasteiger partial charge >= 0.3 is 0 Å². The molecule has 313 valence electrons. The Balaban J connectivity index is 0.000000223. The van der Waals surface area contributed by atoms with Crippen LogP contribution >= 0.6 is 0 Å². The summed E-state index contributed by atoms with van der Waals surface area (Å²) < 4.78 is 40.0. The van der Waals surface area contributed by atoms with Crippen LogP contribution in [0.15, 0.2) is 162 Å². The van der Waals surface area contributed by atoms with Crippen LogP contribution < -0.4 is 5.19 Å². The first-order valence-electron chi connectivity index (χ1n) is 22.9. The average Bonchev–Trinajstić information content (AvgIpc) is 3.67. The van der Waals surface area contributed by atoms with E-state index in [1.807, 2.05) is 98.9 Å². The van der Waals surface area contributed by atoms with Gasteiger partial charge < -0.3 is 14.4 Å². The standard InChI is InChI=1S/C36H24NO.C21H30NSi.Ir/c1-24-20-33(37-23-32(24)27-16-9-4-10-17-27)29-18-11-19-30-35-31(26-14-7-3-8-15-26)21-28(22-34(35)38-36(29)30)25-12-5-2-6-13-25;1-15(2)18-13-19(22-14-20(18)23(6,7)8)16-9-11-17(12-10-16)21(3,4)5;/h2-17,19-23H,1H3;9,11-15H,1-8H3;/q2*-1;/i1D3;15D;. The Kier molecular flexibility index (Phi) is 11.6.